The predicted molar refractivity (Wildman–Crippen MR) is 72.5 cm³/mol. The Hall–Kier alpha value is -1.95. The van der Waals surface area contributed by atoms with Crippen molar-refractivity contribution in [3.8, 4) is 0 Å². The van der Waals surface area contributed by atoms with Gasteiger partial charge in [0.15, 0.2) is 0 Å². The number of ether oxygens (including phenoxy) is 1. The first-order valence-corrected chi connectivity index (χ1v) is 5.91. The van der Waals surface area contributed by atoms with Crippen LogP contribution in [0, 0.1) is 16.0 Å². The number of nitro benzene ring substituents is 1. The molecular formula is C13H20N2O4. The molecule has 0 saturated carbocycles. The number of methoxy groups -OCH3 is 1. The highest BCUT2D eigenvalue weighted by atomic mass is 16.6. The second-order valence-electron chi connectivity index (χ2n) is 4.26. The average molecular weight is 268 g/mol. The van der Waals surface area contributed by atoms with Crippen molar-refractivity contribution in [3.05, 3.63) is 39.9 Å². The number of esters is 1. The van der Waals surface area contributed by atoms with Crippen molar-refractivity contribution in [1.29, 1.82) is 0 Å². The van der Waals surface area contributed by atoms with Gasteiger partial charge in [-0.2, -0.15) is 0 Å². The first-order valence-electron chi connectivity index (χ1n) is 5.91. The molecule has 0 saturated heterocycles. The summed E-state index contributed by atoms with van der Waals surface area (Å²) >= 11 is 0. The normalized spacial score (nSPS) is 9.53. The van der Waals surface area contributed by atoms with Crippen LogP contribution in [0.5, 0.6) is 0 Å². The molecule has 1 aromatic rings. The van der Waals surface area contributed by atoms with Gasteiger partial charge in [0.25, 0.3) is 5.69 Å². The number of para-hydroxylation sites is 1. The molecule has 19 heavy (non-hydrogen) atoms. The number of carbonyl (C=O) groups excluding carboxylic acids is 1. The largest absolute Gasteiger partial charge is 0.469 e. The summed E-state index contributed by atoms with van der Waals surface area (Å²) in [7, 11) is 1.41. The SMILES string of the molecule is COC(=O)CC(C)C.NCc1ccccc1[N+](=O)[O-]. The molecule has 6 heteroatoms. The van der Waals surface area contributed by atoms with E-state index in [9.17, 15) is 14.9 Å². The van der Waals surface area contributed by atoms with Gasteiger partial charge in [0, 0.05) is 24.6 Å². The Morgan fingerprint density at radius 3 is 2.32 bits per heavy atom. The van der Waals surface area contributed by atoms with Crippen molar-refractivity contribution >= 4 is 11.7 Å². The highest BCUT2D eigenvalue weighted by Crippen LogP contribution is 2.15. The third-order valence-electron chi connectivity index (χ3n) is 2.21. The molecule has 0 fully saturated rings. The number of nitrogens with two attached hydrogens (primary N) is 1. The number of nitrogens with zero attached hydrogens (tertiary/aromatic N) is 1. The van der Waals surface area contributed by atoms with Crippen molar-refractivity contribution in [2.75, 3.05) is 7.11 Å². The van der Waals surface area contributed by atoms with E-state index >= 15 is 0 Å². The zero-order valence-electron chi connectivity index (χ0n) is 11.5. The van der Waals surface area contributed by atoms with E-state index in [-0.39, 0.29) is 18.2 Å². The second-order valence-corrected chi connectivity index (χ2v) is 4.26. The summed E-state index contributed by atoms with van der Waals surface area (Å²) in [4.78, 5) is 20.3. The molecule has 6 nitrogen and oxygen atoms in total. The van der Waals surface area contributed by atoms with E-state index in [1.165, 1.54) is 13.2 Å². The Balaban J connectivity index is 0.000000362. The van der Waals surface area contributed by atoms with Crippen LogP contribution in [-0.4, -0.2) is 18.0 Å². The smallest absolute Gasteiger partial charge is 0.305 e. The lowest BCUT2D eigenvalue weighted by Gasteiger charge is -1.99. The fourth-order valence-corrected chi connectivity index (χ4v) is 1.28. The molecule has 0 aliphatic rings. The lowest BCUT2D eigenvalue weighted by atomic mass is 10.1. The number of carbonyl (C=O) groups is 1. The van der Waals surface area contributed by atoms with Crippen LogP contribution >= 0.6 is 0 Å². The van der Waals surface area contributed by atoms with Gasteiger partial charge >= 0.3 is 5.97 Å². The van der Waals surface area contributed by atoms with Gasteiger partial charge in [-0.15, -0.1) is 0 Å². The monoisotopic (exact) mass is 268 g/mol. The Morgan fingerprint density at radius 1 is 1.42 bits per heavy atom. The van der Waals surface area contributed by atoms with Gasteiger partial charge in [0.05, 0.1) is 12.0 Å². The second kappa shape index (κ2) is 9.04. The third-order valence-corrected chi connectivity index (χ3v) is 2.21. The number of hydrogen-bond acceptors (Lipinski definition) is 5. The quantitative estimate of drug-likeness (QED) is 0.513. The van der Waals surface area contributed by atoms with E-state index in [4.69, 9.17) is 5.73 Å². The Kier molecular flexibility index (Phi) is 8.12. The number of benzene rings is 1. The van der Waals surface area contributed by atoms with Crippen molar-refractivity contribution in [1.82, 2.24) is 0 Å². The number of rotatable bonds is 4. The minimum atomic E-state index is -0.428. The van der Waals surface area contributed by atoms with Crippen molar-refractivity contribution < 1.29 is 14.5 Å². The molecule has 0 radical (unpaired) electrons. The summed E-state index contributed by atoms with van der Waals surface area (Å²) in [5.74, 6) is 0.280. The van der Waals surface area contributed by atoms with Crippen molar-refractivity contribution in [3.63, 3.8) is 0 Å². The fraction of sp³-hybridized carbons (Fsp3) is 0.462. The summed E-state index contributed by atoms with van der Waals surface area (Å²) in [6.45, 7) is 4.17. The van der Waals surface area contributed by atoms with Crippen LogP contribution in [0.2, 0.25) is 0 Å². The maximum absolute atomic E-state index is 10.4. The lowest BCUT2D eigenvalue weighted by molar-refractivity contribution is -0.385. The molecule has 0 aliphatic heterocycles. The maximum atomic E-state index is 10.4. The maximum Gasteiger partial charge on any atom is 0.305 e. The molecule has 0 unspecified atom stereocenters. The number of nitro groups is 1. The molecule has 0 amide bonds. The van der Waals surface area contributed by atoms with E-state index in [0.29, 0.717) is 17.9 Å². The highest BCUT2D eigenvalue weighted by Gasteiger charge is 2.09. The van der Waals surface area contributed by atoms with E-state index in [1.54, 1.807) is 18.2 Å². The van der Waals surface area contributed by atoms with Crippen molar-refractivity contribution in [2.24, 2.45) is 11.7 Å². The minimum Gasteiger partial charge on any atom is -0.469 e. The summed E-state index contributed by atoms with van der Waals surface area (Å²) in [6.07, 6.45) is 0.524. The molecular weight excluding hydrogens is 248 g/mol. The Morgan fingerprint density at radius 2 is 2.00 bits per heavy atom. The van der Waals surface area contributed by atoms with Gasteiger partial charge in [-0.25, -0.2) is 0 Å². The van der Waals surface area contributed by atoms with Crippen LogP contribution in [0.3, 0.4) is 0 Å². The molecule has 106 valence electrons. The van der Waals surface area contributed by atoms with Gasteiger partial charge in [-0.3, -0.25) is 14.9 Å². The van der Waals surface area contributed by atoms with Gasteiger partial charge in [0.2, 0.25) is 0 Å². The topological polar surface area (TPSA) is 95.5 Å². The molecule has 0 aliphatic carbocycles. The van der Waals surface area contributed by atoms with Crippen molar-refractivity contribution in [2.45, 2.75) is 26.8 Å². The van der Waals surface area contributed by atoms with Crippen LogP contribution in [-0.2, 0) is 16.1 Å². The summed E-state index contributed by atoms with van der Waals surface area (Å²) < 4.78 is 4.42. The minimum absolute atomic E-state index is 0.0926. The molecule has 1 aromatic carbocycles. The van der Waals surface area contributed by atoms with Crippen LogP contribution in [0.1, 0.15) is 25.8 Å². The predicted octanol–water partition coefficient (Wildman–Crippen LogP) is 2.26. The van der Waals surface area contributed by atoms with Crippen LogP contribution in [0.25, 0.3) is 0 Å². The molecule has 0 aromatic heterocycles. The average Bonchev–Trinajstić information content (AvgIpc) is 2.38. The standard InChI is InChI=1S/C7H8N2O2.C6H12O2/c8-5-6-3-1-2-4-7(6)9(10)11;1-5(2)4-6(7)8-3/h1-4H,5,8H2;5H,4H2,1-3H3. The molecule has 0 spiro atoms. The van der Waals surface area contributed by atoms with E-state index < -0.39 is 4.92 Å². The van der Waals surface area contributed by atoms with E-state index in [2.05, 4.69) is 4.74 Å². The van der Waals surface area contributed by atoms with Gasteiger partial charge < -0.3 is 10.5 Å². The molecule has 1 rings (SSSR count). The summed E-state index contributed by atoms with van der Waals surface area (Å²) in [5.41, 5.74) is 5.94. The molecule has 0 atom stereocenters. The lowest BCUT2D eigenvalue weighted by Crippen LogP contribution is -2.03. The van der Waals surface area contributed by atoms with Gasteiger partial charge in [-0.1, -0.05) is 32.0 Å². The van der Waals surface area contributed by atoms with E-state index in [0.717, 1.165) is 0 Å². The van der Waals surface area contributed by atoms with Crippen LogP contribution < -0.4 is 5.73 Å². The molecule has 0 bridgehead atoms. The Labute approximate surface area is 112 Å². The van der Waals surface area contributed by atoms with Crippen LogP contribution in [0.4, 0.5) is 5.69 Å². The zero-order chi connectivity index (χ0) is 14.8. The summed E-state index contributed by atoms with van der Waals surface area (Å²) in [5, 5.41) is 10.3. The fourth-order valence-electron chi connectivity index (χ4n) is 1.28. The molecule has 0 heterocycles. The molecule has 2 N–H and O–H groups in total. The van der Waals surface area contributed by atoms with Gasteiger partial charge in [-0.05, 0) is 5.92 Å². The van der Waals surface area contributed by atoms with Gasteiger partial charge in [0.1, 0.15) is 0 Å². The third kappa shape index (κ3) is 7.15. The first-order chi connectivity index (χ1) is 8.92. The zero-order valence-corrected chi connectivity index (χ0v) is 11.5. The van der Waals surface area contributed by atoms with E-state index in [1.807, 2.05) is 13.8 Å². The highest BCUT2D eigenvalue weighted by molar-refractivity contribution is 5.69. The first kappa shape index (κ1) is 17.1. The Bertz CT molecular complexity index is 419. The number of hydrogen-bond donors (Lipinski definition) is 1. The summed E-state index contributed by atoms with van der Waals surface area (Å²) in [6, 6.07) is 6.45. The van der Waals surface area contributed by atoms with Crippen LogP contribution in [0.15, 0.2) is 24.3 Å².